The standard InChI is InChI=1S/C27H27N3O4.C3H8O/c1-3-10-26(31)28-19(2)17-25(23-15-7-8-16-24(23)28)29(27(32)20-11-5-4-6-12-20)21-13-9-14-22(18-21)30(33)34;1-3(2)4/h4-9,11-16,18-19,25H,3,10,17H2,1-2H3;3-4H,1-2H3. The second kappa shape index (κ2) is 13.0. The largest absolute Gasteiger partial charge is 0.394 e. The Bertz CT molecular complexity index is 1260. The van der Waals surface area contributed by atoms with Crippen LogP contribution in [0.3, 0.4) is 0 Å². The van der Waals surface area contributed by atoms with Gasteiger partial charge in [-0.2, -0.15) is 0 Å². The minimum atomic E-state index is -0.461. The molecule has 3 aromatic rings. The van der Waals surface area contributed by atoms with Gasteiger partial charge in [-0.1, -0.05) is 49.4 Å². The highest BCUT2D eigenvalue weighted by molar-refractivity contribution is 6.07. The number of hydrogen-bond acceptors (Lipinski definition) is 5. The molecule has 1 aliphatic heterocycles. The Morgan fingerprint density at radius 3 is 2.32 bits per heavy atom. The summed E-state index contributed by atoms with van der Waals surface area (Å²) in [6.45, 7) is 7.40. The number of nitro groups is 1. The zero-order valence-electron chi connectivity index (χ0n) is 22.3. The first kappa shape index (κ1) is 28.5. The van der Waals surface area contributed by atoms with Gasteiger partial charge in [0.05, 0.1) is 16.7 Å². The number of amides is 2. The Kier molecular flexibility index (Phi) is 9.73. The normalized spacial score (nSPS) is 16.2. The molecule has 0 aliphatic carbocycles. The molecule has 0 bridgehead atoms. The van der Waals surface area contributed by atoms with Crippen LogP contribution in [0.1, 0.15) is 68.9 Å². The van der Waals surface area contributed by atoms with Gasteiger partial charge in [-0.25, -0.2) is 0 Å². The Morgan fingerprint density at radius 2 is 1.68 bits per heavy atom. The fourth-order valence-electron chi connectivity index (χ4n) is 4.66. The number of fused-ring (bicyclic) bond motifs is 1. The number of hydrogen-bond donors (Lipinski definition) is 1. The summed E-state index contributed by atoms with van der Waals surface area (Å²) in [6, 6.07) is 22.1. The van der Waals surface area contributed by atoms with E-state index in [9.17, 15) is 19.7 Å². The van der Waals surface area contributed by atoms with Gasteiger partial charge in [0.2, 0.25) is 5.91 Å². The highest BCUT2D eigenvalue weighted by Crippen LogP contribution is 2.43. The molecule has 8 heteroatoms. The molecule has 0 radical (unpaired) electrons. The molecule has 1 aliphatic rings. The summed E-state index contributed by atoms with van der Waals surface area (Å²) in [5.74, 6) is -0.196. The number of carbonyl (C=O) groups excluding carboxylic acids is 2. The van der Waals surface area contributed by atoms with Gasteiger partial charge in [-0.05, 0) is 63.4 Å². The summed E-state index contributed by atoms with van der Waals surface area (Å²) in [4.78, 5) is 41.3. The van der Waals surface area contributed by atoms with Gasteiger partial charge in [-0.15, -0.1) is 0 Å². The van der Waals surface area contributed by atoms with Crippen LogP contribution in [0.4, 0.5) is 17.1 Å². The Labute approximate surface area is 223 Å². The molecule has 0 fully saturated rings. The van der Waals surface area contributed by atoms with Crippen LogP contribution in [0.2, 0.25) is 0 Å². The predicted molar refractivity (Wildman–Crippen MR) is 149 cm³/mol. The molecule has 8 nitrogen and oxygen atoms in total. The number of anilines is 2. The zero-order chi connectivity index (χ0) is 27.8. The van der Waals surface area contributed by atoms with E-state index in [1.54, 1.807) is 55.1 Å². The van der Waals surface area contributed by atoms with Crippen molar-refractivity contribution in [2.24, 2.45) is 0 Å². The van der Waals surface area contributed by atoms with E-state index in [1.807, 2.05) is 49.1 Å². The highest BCUT2D eigenvalue weighted by Gasteiger charge is 2.38. The summed E-state index contributed by atoms with van der Waals surface area (Å²) in [7, 11) is 0. The third-order valence-corrected chi connectivity index (χ3v) is 6.16. The van der Waals surface area contributed by atoms with E-state index in [-0.39, 0.29) is 29.6 Å². The smallest absolute Gasteiger partial charge is 0.271 e. The maximum Gasteiger partial charge on any atom is 0.271 e. The first-order valence-corrected chi connectivity index (χ1v) is 12.9. The maximum absolute atomic E-state index is 13.8. The average molecular weight is 518 g/mol. The highest BCUT2D eigenvalue weighted by atomic mass is 16.6. The SMILES string of the molecule is CC(C)O.CCCC(=O)N1c2ccccc2C(N(C(=O)c2ccccc2)c2cccc([N+](=O)[O-])c2)CC1C. The van der Waals surface area contributed by atoms with Gasteiger partial charge in [-0.3, -0.25) is 19.7 Å². The van der Waals surface area contributed by atoms with Crippen LogP contribution in [-0.2, 0) is 4.79 Å². The molecule has 0 saturated heterocycles. The second-order valence-corrected chi connectivity index (χ2v) is 9.58. The van der Waals surface area contributed by atoms with Crippen LogP contribution in [0, 0.1) is 10.1 Å². The van der Waals surface area contributed by atoms with Crippen molar-refractivity contribution < 1.29 is 19.6 Å². The van der Waals surface area contributed by atoms with Crippen LogP contribution >= 0.6 is 0 Å². The van der Waals surface area contributed by atoms with Crippen LogP contribution < -0.4 is 9.80 Å². The number of aliphatic hydroxyl groups excluding tert-OH is 1. The molecule has 200 valence electrons. The van der Waals surface area contributed by atoms with Crippen LogP contribution in [0.5, 0.6) is 0 Å². The minimum Gasteiger partial charge on any atom is -0.394 e. The average Bonchev–Trinajstić information content (AvgIpc) is 2.89. The number of rotatable bonds is 6. The summed E-state index contributed by atoms with van der Waals surface area (Å²) >= 11 is 0. The predicted octanol–water partition coefficient (Wildman–Crippen LogP) is 6.30. The lowest BCUT2D eigenvalue weighted by Crippen LogP contribution is -2.47. The number of aliphatic hydroxyl groups is 1. The fourth-order valence-corrected chi connectivity index (χ4v) is 4.66. The van der Waals surface area contributed by atoms with Crippen LogP contribution in [-0.4, -0.2) is 34.0 Å². The molecule has 0 aromatic heterocycles. The van der Waals surface area contributed by atoms with E-state index in [1.165, 1.54) is 12.1 Å². The van der Waals surface area contributed by atoms with Gasteiger partial charge in [0.25, 0.3) is 11.6 Å². The van der Waals surface area contributed by atoms with Gasteiger partial charge in [0, 0.05) is 42.0 Å². The molecular weight excluding hydrogens is 482 g/mol. The minimum absolute atomic E-state index is 0.0529. The van der Waals surface area contributed by atoms with E-state index < -0.39 is 11.0 Å². The molecule has 0 spiro atoms. The van der Waals surface area contributed by atoms with Gasteiger partial charge in [0.1, 0.15) is 0 Å². The number of para-hydroxylation sites is 1. The van der Waals surface area contributed by atoms with Crippen molar-refractivity contribution in [3.63, 3.8) is 0 Å². The summed E-state index contributed by atoms with van der Waals surface area (Å²) in [6.07, 6.45) is 1.54. The zero-order valence-corrected chi connectivity index (χ0v) is 22.3. The molecule has 2 atom stereocenters. The van der Waals surface area contributed by atoms with E-state index in [0.29, 0.717) is 24.1 Å². The molecule has 4 rings (SSSR count). The van der Waals surface area contributed by atoms with E-state index in [2.05, 4.69) is 0 Å². The first-order valence-electron chi connectivity index (χ1n) is 12.9. The number of nitrogens with zero attached hydrogens (tertiary/aromatic N) is 3. The van der Waals surface area contributed by atoms with Gasteiger partial charge < -0.3 is 14.9 Å². The fraction of sp³-hybridized carbons (Fsp3) is 0.333. The van der Waals surface area contributed by atoms with Crippen molar-refractivity contribution >= 4 is 28.9 Å². The monoisotopic (exact) mass is 517 g/mol. The molecule has 1 heterocycles. The Morgan fingerprint density at radius 1 is 1.05 bits per heavy atom. The maximum atomic E-state index is 13.8. The third kappa shape index (κ3) is 6.63. The van der Waals surface area contributed by atoms with E-state index in [0.717, 1.165) is 17.7 Å². The van der Waals surface area contributed by atoms with Crippen molar-refractivity contribution in [3.8, 4) is 0 Å². The number of nitro benzene ring substituents is 1. The lowest BCUT2D eigenvalue weighted by Gasteiger charge is -2.43. The molecule has 2 amide bonds. The quantitative estimate of drug-likeness (QED) is 0.305. The van der Waals surface area contributed by atoms with Crippen molar-refractivity contribution in [1.82, 2.24) is 0 Å². The van der Waals surface area contributed by atoms with Crippen LogP contribution in [0.15, 0.2) is 78.9 Å². The lowest BCUT2D eigenvalue weighted by molar-refractivity contribution is -0.384. The molecule has 0 saturated carbocycles. The molecule has 2 unspecified atom stereocenters. The topological polar surface area (TPSA) is 104 Å². The molecule has 3 aromatic carbocycles. The summed E-state index contributed by atoms with van der Waals surface area (Å²) in [5.41, 5.74) is 2.48. The molecule has 1 N–H and O–H groups in total. The van der Waals surface area contributed by atoms with E-state index in [4.69, 9.17) is 5.11 Å². The molecular formula is C30H35N3O5. The van der Waals surface area contributed by atoms with Gasteiger partial charge >= 0.3 is 0 Å². The van der Waals surface area contributed by atoms with Crippen LogP contribution in [0.25, 0.3) is 0 Å². The number of benzene rings is 3. The van der Waals surface area contributed by atoms with Crippen molar-refractivity contribution in [1.29, 1.82) is 0 Å². The molecule has 38 heavy (non-hydrogen) atoms. The first-order chi connectivity index (χ1) is 18.1. The van der Waals surface area contributed by atoms with E-state index >= 15 is 0 Å². The van der Waals surface area contributed by atoms with Crippen molar-refractivity contribution in [3.05, 3.63) is 100 Å². The van der Waals surface area contributed by atoms with Crippen molar-refractivity contribution in [2.75, 3.05) is 9.80 Å². The third-order valence-electron chi connectivity index (χ3n) is 6.16. The Hall–Kier alpha value is -4.04. The summed E-state index contributed by atoms with van der Waals surface area (Å²) < 4.78 is 0. The number of non-ortho nitro benzene ring substituents is 1. The van der Waals surface area contributed by atoms with Gasteiger partial charge in [0.15, 0.2) is 0 Å². The second-order valence-electron chi connectivity index (χ2n) is 9.58. The van der Waals surface area contributed by atoms with Crippen molar-refractivity contribution in [2.45, 2.75) is 65.1 Å². The number of carbonyl (C=O) groups is 2. The Balaban J connectivity index is 0.000000934. The summed E-state index contributed by atoms with van der Waals surface area (Å²) in [5, 5.41) is 19.5. The lowest BCUT2D eigenvalue weighted by atomic mass is 9.89.